The van der Waals surface area contributed by atoms with Crippen molar-refractivity contribution >= 4 is 5.91 Å². The minimum atomic E-state index is -0.241. The van der Waals surface area contributed by atoms with Crippen LogP contribution >= 0.6 is 0 Å². The molecule has 2 aliphatic rings. The molecule has 0 spiro atoms. The van der Waals surface area contributed by atoms with Crippen LogP contribution in [-0.2, 0) is 4.79 Å². The van der Waals surface area contributed by atoms with Gasteiger partial charge in [0.15, 0.2) is 0 Å². The first kappa shape index (κ1) is 11.9. The van der Waals surface area contributed by atoms with Gasteiger partial charge >= 0.3 is 0 Å². The maximum atomic E-state index is 11.9. The van der Waals surface area contributed by atoms with Crippen LogP contribution in [0.5, 0.6) is 0 Å². The highest BCUT2D eigenvalue weighted by Crippen LogP contribution is 2.19. The van der Waals surface area contributed by atoms with E-state index in [0.29, 0.717) is 5.92 Å². The van der Waals surface area contributed by atoms with Crippen LogP contribution in [0.2, 0.25) is 0 Å². The van der Waals surface area contributed by atoms with Crippen molar-refractivity contribution in [2.45, 2.75) is 31.7 Å². The molecular weight excluding hydrogens is 202 g/mol. The van der Waals surface area contributed by atoms with Gasteiger partial charge in [-0.15, -0.1) is 0 Å². The van der Waals surface area contributed by atoms with Gasteiger partial charge in [-0.25, -0.2) is 0 Å². The zero-order chi connectivity index (χ0) is 11.5. The van der Waals surface area contributed by atoms with Gasteiger partial charge in [-0.3, -0.25) is 4.79 Å². The smallest absolute Gasteiger partial charge is 0.239 e. The highest BCUT2D eigenvalue weighted by molar-refractivity contribution is 5.82. The van der Waals surface area contributed by atoms with Gasteiger partial charge in [-0.2, -0.15) is 0 Å². The lowest BCUT2D eigenvalue weighted by molar-refractivity contribution is -0.135. The molecule has 16 heavy (non-hydrogen) atoms. The monoisotopic (exact) mass is 225 g/mol. The highest BCUT2D eigenvalue weighted by atomic mass is 16.2. The molecule has 92 valence electrons. The molecule has 1 amide bonds. The van der Waals surface area contributed by atoms with Crippen LogP contribution in [-0.4, -0.2) is 55.0 Å². The van der Waals surface area contributed by atoms with Crippen molar-refractivity contribution in [3.63, 3.8) is 0 Å². The first-order valence-electron chi connectivity index (χ1n) is 6.39. The third-order valence-electron chi connectivity index (χ3n) is 3.77. The predicted octanol–water partition coefficient (Wildman–Crippen LogP) is 0.278. The zero-order valence-corrected chi connectivity index (χ0v) is 10.2. The number of hydrogen-bond acceptors (Lipinski definition) is 3. The third-order valence-corrected chi connectivity index (χ3v) is 3.77. The summed E-state index contributed by atoms with van der Waals surface area (Å²) >= 11 is 0. The van der Waals surface area contributed by atoms with Crippen molar-refractivity contribution in [3.8, 4) is 0 Å². The molecule has 2 unspecified atom stereocenters. The number of nitrogens with zero attached hydrogens (tertiary/aromatic N) is 2. The fourth-order valence-corrected chi connectivity index (χ4v) is 2.89. The Labute approximate surface area is 97.8 Å². The highest BCUT2D eigenvalue weighted by Gasteiger charge is 2.28. The predicted molar refractivity (Wildman–Crippen MR) is 64.0 cm³/mol. The van der Waals surface area contributed by atoms with Crippen LogP contribution in [0.1, 0.15) is 25.7 Å². The van der Waals surface area contributed by atoms with Crippen molar-refractivity contribution in [1.82, 2.24) is 9.80 Å². The van der Waals surface area contributed by atoms with Gasteiger partial charge in [-0.1, -0.05) is 0 Å². The van der Waals surface area contributed by atoms with Gasteiger partial charge in [0.2, 0.25) is 5.91 Å². The summed E-state index contributed by atoms with van der Waals surface area (Å²) in [5.74, 6) is 0.812. The first-order chi connectivity index (χ1) is 7.66. The standard InChI is InChI=1S/C12H23N3O/c1-14-6-2-4-10(8-14)9-15-7-3-5-11(13)12(15)16/h10-11H,2-9,13H2,1H3. The second-order valence-corrected chi connectivity index (χ2v) is 5.30. The molecule has 4 nitrogen and oxygen atoms in total. The summed E-state index contributed by atoms with van der Waals surface area (Å²) in [6.07, 6.45) is 4.44. The summed E-state index contributed by atoms with van der Waals surface area (Å²) in [4.78, 5) is 16.2. The van der Waals surface area contributed by atoms with Gasteiger partial charge in [-0.05, 0) is 45.2 Å². The summed E-state index contributed by atoms with van der Waals surface area (Å²) in [6.45, 7) is 4.15. The average Bonchev–Trinajstić information content (AvgIpc) is 2.25. The minimum absolute atomic E-state index is 0.166. The molecule has 0 radical (unpaired) electrons. The molecular formula is C12H23N3O. The maximum absolute atomic E-state index is 11.9. The van der Waals surface area contributed by atoms with E-state index in [1.807, 2.05) is 4.90 Å². The van der Waals surface area contributed by atoms with E-state index in [-0.39, 0.29) is 11.9 Å². The van der Waals surface area contributed by atoms with Gasteiger partial charge in [0.05, 0.1) is 6.04 Å². The fourth-order valence-electron chi connectivity index (χ4n) is 2.89. The molecule has 0 aromatic carbocycles. The topological polar surface area (TPSA) is 49.6 Å². The van der Waals surface area contributed by atoms with Gasteiger partial charge < -0.3 is 15.5 Å². The number of nitrogens with two attached hydrogens (primary N) is 1. The number of piperidine rings is 2. The molecule has 4 heteroatoms. The van der Waals surface area contributed by atoms with Crippen LogP contribution in [0.15, 0.2) is 0 Å². The van der Waals surface area contributed by atoms with Crippen LogP contribution in [0.25, 0.3) is 0 Å². The Morgan fingerprint density at radius 3 is 2.81 bits per heavy atom. The van der Waals surface area contributed by atoms with E-state index < -0.39 is 0 Å². The Morgan fingerprint density at radius 1 is 1.31 bits per heavy atom. The number of carbonyl (C=O) groups excluding carboxylic acids is 1. The van der Waals surface area contributed by atoms with E-state index in [1.165, 1.54) is 19.4 Å². The van der Waals surface area contributed by atoms with Crippen LogP contribution < -0.4 is 5.73 Å². The summed E-state index contributed by atoms with van der Waals surface area (Å²) < 4.78 is 0. The third kappa shape index (κ3) is 2.74. The normalized spacial score (nSPS) is 33.1. The molecule has 2 heterocycles. The van der Waals surface area contributed by atoms with E-state index in [4.69, 9.17) is 5.73 Å². The SMILES string of the molecule is CN1CCCC(CN2CCCC(N)C2=O)C1. The molecule has 2 aliphatic heterocycles. The average molecular weight is 225 g/mol. The lowest BCUT2D eigenvalue weighted by Gasteiger charge is -2.36. The Bertz CT molecular complexity index is 257. The quantitative estimate of drug-likeness (QED) is 0.734. The molecule has 2 saturated heterocycles. The summed E-state index contributed by atoms with van der Waals surface area (Å²) in [7, 11) is 2.16. The van der Waals surface area contributed by atoms with E-state index in [9.17, 15) is 4.79 Å². The second kappa shape index (κ2) is 5.15. The number of rotatable bonds is 2. The van der Waals surface area contributed by atoms with Gasteiger partial charge in [0, 0.05) is 19.6 Å². The van der Waals surface area contributed by atoms with Crippen molar-refractivity contribution in [3.05, 3.63) is 0 Å². The lowest BCUT2D eigenvalue weighted by atomic mass is 9.96. The Kier molecular flexibility index (Phi) is 3.82. The van der Waals surface area contributed by atoms with Crippen molar-refractivity contribution in [1.29, 1.82) is 0 Å². The number of likely N-dealkylation sites (tertiary alicyclic amines) is 2. The Balaban J connectivity index is 1.86. The van der Waals surface area contributed by atoms with Crippen molar-refractivity contribution in [2.75, 3.05) is 33.2 Å². The second-order valence-electron chi connectivity index (χ2n) is 5.30. The zero-order valence-electron chi connectivity index (χ0n) is 10.2. The summed E-state index contributed by atoms with van der Waals surface area (Å²) in [5.41, 5.74) is 5.80. The van der Waals surface area contributed by atoms with E-state index in [1.54, 1.807) is 0 Å². The molecule has 2 rings (SSSR count). The number of amides is 1. The molecule has 0 saturated carbocycles. The molecule has 2 atom stereocenters. The van der Waals surface area contributed by atoms with E-state index in [0.717, 1.165) is 32.5 Å². The van der Waals surface area contributed by atoms with E-state index >= 15 is 0 Å². The van der Waals surface area contributed by atoms with Crippen molar-refractivity contribution < 1.29 is 4.79 Å². The maximum Gasteiger partial charge on any atom is 0.239 e. The lowest BCUT2D eigenvalue weighted by Crippen LogP contribution is -2.51. The summed E-state index contributed by atoms with van der Waals surface area (Å²) in [6, 6.07) is -0.241. The molecule has 0 bridgehead atoms. The Morgan fingerprint density at radius 2 is 2.06 bits per heavy atom. The van der Waals surface area contributed by atoms with E-state index in [2.05, 4.69) is 11.9 Å². The molecule has 0 aliphatic carbocycles. The minimum Gasteiger partial charge on any atom is -0.341 e. The fraction of sp³-hybridized carbons (Fsp3) is 0.917. The number of carbonyl (C=O) groups is 1. The van der Waals surface area contributed by atoms with Crippen LogP contribution in [0.4, 0.5) is 0 Å². The molecule has 2 fully saturated rings. The van der Waals surface area contributed by atoms with Crippen LogP contribution in [0, 0.1) is 5.92 Å². The number of hydrogen-bond donors (Lipinski definition) is 1. The Hall–Kier alpha value is -0.610. The molecule has 0 aromatic heterocycles. The van der Waals surface area contributed by atoms with Gasteiger partial charge in [0.25, 0.3) is 0 Å². The van der Waals surface area contributed by atoms with Crippen molar-refractivity contribution in [2.24, 2.45) is 11.7 Å². The molecule has 0 aromatic rings. The molecule has 2 N–H and O–H groups in total. The van der Waals surface area contributed by atoms with Crippen LogP contribution in [0.3, 0.4) is 0 Å². The van der Waals surface area contributed by atoms with Gasteiger partial charge in [0.1, 0.15) is 0 Å². The largest absolute Gasteiger partial charge is 0.341 e. The first-order valence-corrected chi connectivity index (χ1v) is 6.39. The summed E-state index contributed by atoms with van der Waals surface area (Å²) in [5, 5.41) is 0.